The number of unbranched alkanes of at least 4 members (excludes halogenated alkanes) is 4. The topological polar surface area (TPSA) is 149 Å². The number of aliphatic hydroxyl groups is 1. The largest absolute Gasteiger partial charge is 0.481 e. The number of carboxylic acids is 1. The van der Waals surface area contributed by atoms with Gasteiger partial charge in [-0.15, -0.1) is 11.3 Å². The van der Waals surface area contributed by atoms with E-state index in [1.54, 1.807) is 32.1 Å². The first-order valence-electron chi connectivity index (χ1n) is 14.7. The molecule has 3 amide bonds. The van der Waals surface area contributed by atoms with Crippen LogP contribution in [0.5, 0.6) is 0 Å². The number of carbonyl (C=O) groups is 4. The molecule has 0 radical (unpaired) electrons. The highest BCUT2D eigenvalue weighted by atomic mass is 32.1. The number of thiazole rings is 1. The van der Waals surface area contributed by atoms with E-state index in [1.165, 1.54) is 4.90 Å². The molecule has 1 aromatic heterocycles. The van der Waals surface area contributed by atoms with Gasteiger partial charge in [0, 0.05) is 38.4 Å². The molecule has 2 heterocycles. The fraction of sp³-hybridized carbons (Fsp3) is 0.581. The van der Waals surface area contributed by atoms with Crippen LogP contribution >= 0.6 is 11.3 Å². The first-order valence-corrected chi connectivity index (χ1v) is 15.6. The number of amides is 3. The van der Waals surface area contributed by atoms with Gasteiger partial charge >= 0.3 is 5.97 Å². The lowest BCUT2D eigenvalue weighted by Crippen LogP contribution is -2.55. The van der Waals surface area contributed by atoms with E-state index in [9.17, 15) is 24.3 Å². The van der Waals surface area contributed by atoms with Crippen molar-refractivity contribution in [3.8, 4) is 10.4 Å². The molecular weight excluding hydrogens is 556 g/mol. The molecule has 230 valence electrons. The summed E-state index contributed by atoms with van der Waals surface area (Å²) in [4.78, 5) is 56.8. The SMILES string of the molecule is Cc1ncsc1-c1ccc(CNC(=O)[C@@H]2C[C@@H](O)CN2C(=O)C(C)(C)[C@H](C)NC(=O)CCCCCCCC(=O)O)cc1. The molecule has 0 spiro atoms. The Balaban J connectivity index is 1.50. The number of likely N-dealkylation sites (tertiary alicyclic amines) is 1. The zero-order valence-corrected chi connectivity index (χ0v) is 25.8. The molecule has 3 rings (SSSR count). The standard InChI is InChI=1S/C31H44N4O6S/c1-20-28(42-19-33-20)23-14-12-22(13-15-23)17-32-29(40)25-16-24(36)18-35(25)30(41)31(3,4)21(2)34-26(37)10-8-6-5-7-9-11-27(38)39/h12-15,19,21,24-25,36H,5-11,16-18H2,1-4H3,(H,32,40)(H,34,37)(H,38,39)/t21-,24+,25-/m0/s1. The Morgan fingerprint density at radius 3 is 2.33 bits per heavy atom. The maximum Gasteiger partial charge on any atom is 0.303 e. The molecular formula is C31H44N4O6S. The number of aromatic nitrogens is 1. The molecule has 0 aliphatic carbocycles. The van der Waals surface area contributed by atoms with Crippen molar-refractivity contribution in [3.05, 3.63) is 41.0 Å². The van der Waals surface area contributed by atoms with Crippen molar-refractivity contribution in [2.45, 2.75) is 104 Å². The van der Waals surface area contributed by atoms with Crippen LogP contribution in [0.15, 0.2) is 29.8 Å². The van der Waals surface area contributed by atoms with Gasteiger partial charge in [-0.25, -0.2) is 4.98 Å². The fourth-order valence-electron chi connectivity index (χ4n) is 5.09. The van der Waals surface area contributed by atoms with Crippen LogP contribution in [-0.2, 0) is 25.7 Å². The number of hydrogen-bond acceptors (Lipinski definition) is 7. The zero-order valence-electron chi connectivity index (χ0n) is 25.0. The quantitative estimate of drug-likeness (QED) is 0.225. The third-order valence-electron chi connectivity index (χ3n) is 8.08. The summed E-state index contributed by atoms with van der Waals surface area (Å²) in [7, 11) is 0. The van der Waals surface area contributed by atoms with E-state index < -0.39 is 29.6 Å². The third-order valence-corrected chi connectivity index (χ3v) is 9.05. The average Bonchev–Trinajstić information content (AvgIpc) is 3.55. The number of nitrogens with zero attached hydrogens (tertiary/aromatic N) is 2. The molecule has 1 saturated heterocycles. The molecule has 1 aliphatic heterocycles. The molecule has 42 heavy (non-hydrogen) atoms. The van der Waals surface area contributed by atoms with Gasteiger partial charge in [-0.05, 0) is 51.7 Å². The van der Waals surface area contributed by atoms with E-state index in [4.69, 9.17) is 5.11 Å². The predicted octanol–water partition coefficient (Wildman–Crippen LogP) is 4.04. The van der Waals surface area contributed by atoms with Gasteiger partial charge in [0.25, 0.3) is 0 Å². The Morgan fingerprint density at radius 2 is 1.71 bits per heavy atom. The Morgan fingerprint density at radius 1 is 1.07 bits per heavy atom. The summed E-state index contributed by atoms with van der Waals surface area (Å²) in [5, 5.41) is 24.9. The molecule has 0 bridgehead atoms. The van der Waals surface area contributed by atoms with Crippen LogP contribution < -0.4 is 10.6 Å². The summed E-state index contributed by atoms with van der Waals surface area (Å²) < 4.78 is 0. The van der Waals surface area contributed by atoms with Gasteiger partial charge in [-0.1, -0.05) is 43.5 Å². The summed E-state index contributed by atoms with van der Waals surface area (Å²) in [6.07, 6.45) is 3.70. The summed E-state index contributed by atoms with van der Waals surface area (Å²) in [6, 6.07) is 6.61. The Labute approximate surface area is 251 Å². The minimum Gasteiger partial charge on any atom is -0.481 e. The van der Waals surface area contributed by atoms with Gasteiger partial charge in [-0.3, -0.25) is 19.2 Å². The first kappa shape index (κ1) is 33.2. The maximum absolute atomic E-state index is 13.6. The number of aliphatic hydroxyl groups excluding tert-OH is 1. The van der Waals surface area contributed by atoms with E-state index in [0.717, 1.165) is 41.0 Å². The van der Waals surface area contributed by atoms with Crippen LogP contribution in [0.4, 0.5) is 0 Å². The molecule has 1 aliphatic rings. The lowest BCUT2D eigenvalue weighted by Gasteiger charge is -2.36. The number of aliphatic carboxylic acids is 1. The van der Waals surface area contributed by atoms with E-state index in [1.807, 2.05) is 36.7 Å². The highest BCUT2D eigenvalue weighted by Crippen LogP contribution is 2.30. The lowest BCUT2D eigenvalue weighted by atomic mass is 9.83. The summed E-state index contributed by atoms with van der Waals surface area (Å²) >= 11 is 1.58. The average molecular weight is 601 g/mol. The molecule has 1 aromatic carbocycles. The van der Waals surface area contributed by atoms with Gasteiger partial charge in [-0.2, -0.15) is 0 Å². The summed E-state index contributed by atoms with van der Waals surface area (Å²) in [5.74, 6) is -1.56. The van der Waals surface area contributed by atoms with E-state index in [0.29, 0.717) is 25.8 Å². The minimum atomic E-state index is -1.00. The number of carbonyl (C=O) groups excluding carboxylic acids is 3. The van der Waals surface area contributed by atoms with Crippen LogP contribution in [0.2, 0.25) is 0 Å². The Bertz CT molecular complexity index is 1230. The van der Waals surface area contributed by atoms with Crippen molar-refractivity contribution in [2.24, 2.45) is 5.41 Å². The molecule has 3 atom stereocenters. The van der Waals surface area contributed by atoms with Gasteiger partial charge in [0.2, 0.25) is 17.7 Å². The van der Waals surface area contributed by atoms with Gasteiger partial charge in [0.05, 0.1) is 27.6 Å². The number of carboxylic acid groups (broad SMARTS) is 1. The normalized spacial score (nSPS) is 17.6. The summed E-state index contributed by atoms with van der Waals surface area (Å²) in [5.41, 5.74) is 3.78. The summed E-state index contributed by atoms with van der Waals surface area (Å²) in [6.45, 7) is 7.59. The number of nitrogens with one attached hydrogen (secondary N) is 2. The Hall–Kier alpha value is -3.31. The molecule has 0 unspecified atom stereocenters. The molecule has 0 saturated carbocycles. The zero-order chi connectivity index (χ0) is 30.9. The molecule has 1 fully saturated rings. The highest BCUT2D eigenvalue weighted by Gasteiger charge is 2.46. The number of hydrogen-bond donors (Lipinski definition) is 4. The molecule has 11 heteroatoms. The van der Waals surface area contributed by atoms with Crippen molar-refractivity contribution in [2.75, 3.05) is 6.54 Å². The van der Waals surface area contributed by atoms with Crippen LogP contribution in [0.25, 0.3) is 10.4 Å². The number of rotatable bonds is 15. The van der Waals surface area contributed by atoms with Crippen LogP contribution in [-0.4, -0.2) is 68.5 Å². The first-order chi connectivity index (χ1) is 19.9. The predicted molar refractivity (Wildman–Crippen MR) is 162 cm³/mol. The van der Waals surface area contributed by atoms with Crippen molar-refractivity contribution >= 4 is 35.0 Å². The van der Waals surface area contributed by atoms with Gasteiger partial charge in [0.15, 0.2) is 0 Å². The van der Waals surface area contributed by atoms with Gasteiger partial charge < -0.3 is 25.7 Å². The van der Waals surface area contributed by atoms with Crippen LogP contribution in [0.3, 0.4) is 0 Å². The molecule has 4 N–H and O–H groups in total. The second-order valence-electron chi connectivity index (χ2n) is 11.7. The Kier molecular flexibility index (Phi) is 12.0. The fourth-order valence-corrected chi connectivity index (χ4v) is 5.90. The van der Waals surface area contributed by atoms with Crippen LogP contribution in [0.1, 0.15) is 83.4 Å². The van der Waals surface area contributed by atoms with Crippen molar-refractivity contribution in [1.29, 1.82) is 0 Å². The highest BCUT2D eigenvalue weighted by molar-refractivity contribution is 7.13. The monoisotopic (exact) mass is 600 g/mol. The second kappa shape index (κ2) is 15.2. The van der Waals surface area contributed by atoms with Crippen molar-refractivity contribution in [3.63, 3.8) is 0 Å². The van der Waals surface area contributed by atoms with E-state index >= 15 is 0 Å². The maximum atomic E-state index is 13.6. The number of aryl methyl sites for hydroxylation is 1. The lowest BCUT2D eigenvalue weighted by molar-refractivity contribution is -0.147. The van der Waals surface area contributed by atoms with E-state index in [2.05, 4.69) is 15.6 Å². The molecule has 10 nitrogen and oxygen atoms in total. The van der Waals surface area contributed by atoms with Crippen molar-refractivity contribution in [1.82, 2.24) is 20.5 Å². The second-order valence-corrected chi connectivity index (χ2v) is 12.6. The van der Waals surface area contributed by atoms with Crippen LogP contribution in [0, 0.1) is 12.3 Å². The third kappa shape index (κ3) is 9.09. The number of benzene rings is 1. The number of β-amino-alcohol motifs (C(OH)–C–C–N with tert-alkyl or cyclic N) is 1. The van der Waals surface area contributed by atoms with Crippen molar-refractivity contribution < 1.29 is 29.4 Å². The smallest absolute Gasteiger partial charge is 0.303 e. The molecule has 2 aromatic rings. The van der Waals surface area contributed by atoms with Gasteiger partial charge in [0.1, 0.15) is 6.04 Å². The van der Waals surface area contributed by atoms with E-state index in [-0.39, 0.29) is 37.1 Å². The minimum absolute atomic E-state index is 0.0613.